The van der Waals surface area contributed by atoms with Gasteiger partial charge in [0, 0.05) is 32.5 Å². The highest BCUT2D eigenvalue weighted by Crippen LogP contribution is 2.26. The fourth-order valence-electron chi connectivity index (χ4n) is 2.46. The predicted molar refractivity (Wildman–Crippen MR) is 81.0 cm³/mol. The summed E-state index contributed by atoms with van der Waals surface area (Å²) in [4.78, 5) is 28.2. The van der Waals surface area contributed by atoms with Gasteiger partial charge >= 0.3 is 6.09 Å². The Morgan fingerprint density at radius 3 is 2.83 bits per heavy atom. The van der Waals surface area contributed by atoms with E-state index in [9.17, 15) is 14.7 Å². The minimum absolute atomic E-state index is 0.113. The molecule has 7 heteroatoms. The van der Waals surface area contributed by atoms with Gasteiger partial charge in [-0.05, 0) is 24.5 Å². The lowest BCUT2D eigenvalue weighted by atomic mass is 9.88. The third-order valence-electron chi connectivity index (χ3n) is 3.99. The average molecular weight is 318 g/mol. The predicted octanol–water partition coefficient (Wildman–Crippen LogP) is 0.706. The van der Waals surface area contributed by atoms with E-state index >= 15 is 0 Å². The minimum atomic E-state index is -1.25. The quantitative estimate of drug-likeness (QED) is 0.473. The van der Waals surface area contributed by atoms with E-state index in [0.717, 1.165) is 10.5 Å². The molecule has 1 aromatic rings. The highest BCUT2D eigenvalue weighted by atomic mass is 16.5. The number of hydrogen-bond acceptors (Lipinski definition) is 5. The summed E-state index contributed by atoms with van der Waals surface area (Å²) in [7, 11) is 1.38. The first kappa shape index (κ1) is 16.9. The number of carbonyl (C=O) groups is 2. The lowest BCUT2D eigenvalue weighted by Gasteiger charge is -2.40. The second kappa shape index (κ2) is 6.77. The average Bonchev–Trinajstić information content (AvgIpc) is 2.54. The van der Waals surface area contributed by atoms with E-state index in [1.165, 1.54) is 13.3 Å². The maximum atomic E-state index is 12.2. The van der Waals surface area contributed by atoms with Crippen molar-refractivity contribution >= 4 is 11.9 Å². The van der Waals surface area contributed by atoms with E-state index < -0.39 is 23.6 Å². The fourth-order valence-corrected chi connectivity index (χ4v) is 2.46. The van der Waals surface area contributed by atoms with Gasteiger partial charge in [-0.25, -0.2) is 4.79 Å². The van der Waals surface area contributed by atoms with Gasteiger partial charge in [0.2, 0.25) is 5.78 Å². The third-order valence-corrected chi connectivity index (χ3v) is 3.99. The molecule has 2 N–H and O–H groups in total. The van der Waals surface area contributed by atoms with Gasteiger partial charge in [-0.2, -0.15) is 0 Å². The monoisotopic (exact) mass is 318 g/mol. The molecule has 1 aromatic heterocycles. The van der Waals surface area contributed by atoms with Crippen LogP contribution in [0.15, 0.2) is 18.5 Å². The van der Waals surface area contributed by atoms with Crippen molar-refractivity contribution in [3.63, 3.8) is 0 Å². The smallest absolute Gasteiger partial charge is 0.407 e. The Hall–Kier alpha value is -2.43. The molecule has 0 spiro atoms. The summed E-state index contributed by atoms with van der Waals surface area (Å²) < 4.78 is 5.32. The number of aryl methyl sites for hydroxylation is 1. The molecule has 0 aliphatic carbocycles. The fraction of sp³-hybridized carbons (Fsp3) is 0.438. The first-order valence-electron chi connectivity index (χ1n) is 7.09. The molecule has 2 unspecified atom stereocenters. The van der Waals surface area contributed by atoms with Crippen LogP contribution in [-0.4, -0.2) is 63.9 Å². The topological polar surface area (TPSA) is 100.0 Å². The van der Waals surface area contributed by atoms with Gasteiger partial charge < -0.3 is 19.8 Å². The minimum Gasteiger partial charge on any atom is -0.465 e. The zero-order valence-corrected chi connectivity index (χ0v) is 12.9. The summed E-state index contributed by atoms with van der Waals surface area (Å²) in [5.74, 6) is 4.78. The van der Waals surface area contributed by atoms with Crippen molar-refractivity contribution in [3.8, 4) is 11.8 Å². The molecule has 7 nitrogen and oxygen atoms in total. The number of ether oxygens (including phenoxy) is 1. The Balaban J connectivity index is 2.22. The number of nitrogens with zero attached hydrogens (tertiary/aromatic N) is 2. The summed E-state index contributed by atoms with van der Waals surface area (Å²) in [5.41, 5.74) is -0.103. The molecule has 1 amide bonds. The van der Waals surface area contributed by atoms with Crippen LogP contribution in [0, 0.1) is 18.8 Å². The highest BCUT2D eigenvalue weighted by molar-refractivity contribution is 6.09. The van der Waals surface area contributed by atoms with E-state index in [2.05, 4.69) is 16.8 Å². The van der Waals surface area contributed by atoms with Crippen LogP contribution in [0.1, 0.15) is 22.3 Å². The summed E-state index contributed by atoms with van der Waals surface area (Å²) in [6.07, 6.45) is 0.969. The maximum absolute atomic E-state index is 12.2. The van der Waals surface area contributed by atoms with Gasteiger partial charge in [-0.15, -0.1) is 0 Å². The van der Waals surface area contributed by atoms with Gasteiger partial charge in [-0.1, -0.05) is 5.92 Å². The first-order chi connectivity index (χ1) is 10.9. The van der Waals surface area contributed by atoms with Crippen molar-refractivity contribution < 1.29 is 24.5 Å². The zero-order chi connectivity index (χ0) is 17.0. The number of amides is 1. The molecule has 0 saturated carbocycles. The van der Waals surface area contributed by atoms with E-state index in [4.69, 9.17) is 9.84 Å². The maximum Gasteiger partial charge on any atom is 0.407 e. The second-order valence-corrected chi connectivity index (χ2v) is 5.36. The number of piperidine rings is 1. The Bertz CT molecular complexity index is 679. The molecule has 1 aliphatic heterocycles. The number of likely N-dealkylation sites (tertiary alicyclic amines) is 1. The molecule has 0 bridgehead atoms. The molecule has 2 atom stereocenters. The number of aromatic nitrogens is 1. The van der Waals surface area contributed by atoms with E-state index in [0.29, 0.717) is 5.56 Å². The van der Waals surface area contributed by atoms with Gasteiger partial charge in [-0.3, -0.25) is 9.78 Å². The summed E-state index contributed by atoms with van der Waals surface area (Å²) in [5, 5.41) is 19.2. The number of ketones is 1. The second-order valence-electron chi connectivity index (χ2n) is 5.36. The van der Waals surface area contributed by atoms with Crippen LogP contribution in [0.5, 0.6) is 0 Å². The number of aliphatic hydroxyl groups is 1. The lowest BCUT2D eigenvalue weighted by Crippen LogP contribution is -2.57. The van der Waals surface area contributed by atoms with Gasteiger partial charge in [0.15, 0.2) is 5.60 Å². The number of rotatable bonds is 2. The molecule has 23 heavy (non-hydrogen) atoms. The summed E-state index contributed by atoms with van der Waals surface area (Å²) in [6.45, 7) is 1.84. The van der Waals surface area contributed by atoms with Crippen LogP contribution in [-0.2, 0) is 4.74 Å². The number of aliphatic hydroxyl groups excluding tert-OH is 1. The van der Waals surface area contributed by atoms with Gasteiger partial charge in [0.1, 0.15) is 6.10 Å². The van der Waals surface area contributed by atoms with Crippen molar-refractivity contribution in [3.05, 3.63) is 29.6 Å². The number of carboxylic acid groups (broad SMARTS) is 1. The molecule has 2 rings (SSSR count). The van der Waals surface area contributed by atoms with Crippen molar-refractivity contribution in [1.29, 1.82) is 0 Å². The van der Waals surface area contributed by atoms with Crippen molar-refractivity contribution in [2.24, 2.45) is 0 Å². The molecule has 1 aliphatic rings. The van der Waals surface area contributed by atoms with E-state index in [-0.39, 0.29) is 19.5 Å². The molecule has 122 valence electrons. The molecule has 1 saturated heterocycles. The third kappa shape index (κ3) is 3.50. The van der Waals surface area contributed by atoms with Crippen LogP contribution < -0.4 is 0 Å². The van der Waals surface area contributed by atoms with Crippen LogP contribution in [0.25, 0.3) is 0 Å². The Labute approximate surface area is 133 Å². The molecule has 0 radical (unpaired) electrons. The largest absolute Gasteiger partial charge is 0.465 e. The number of β-amino-alcohol motifs (C(OH)–C–C–N with tert-alkyl or cyclic N) is 1. The normalized spacial score (nSPS) is 23.8. The highest BCUT2D eigenvalue weighted by Gasteiger charge is 2.42. The molecule has 0 aromatic carbocycles. The van der Waals surface area contributed by atoms with Crippen LogP contribution in [0.3, 0.4) is 0 Å². The number of carbonyl (C=O) groups excluding carboxylic acids is 1. The molecule has 2 heterocycles. The standard InChI is InChI=1S/C16H18N2O5/c1-11-4-7-17-9-12(11)13(19)3-5-16(23-2)6-8-18(15(21)22)10-14(16)20/h4,7,9,14,20H,6,8,10H2,1-2H3,(H,21,22). The lowest BCUT2D eigenvalue weighted by molar-refractivity contribution is -0.0989. The zero-order valence-electron chi connectivity index (χ0n) is 12.9. The number of hydrogen-bond donors (Lipinski definition) is 2. The summed E-state index contributed by atoms with van der Waals surface area (Å²) in [6, 6.07) is 1.71. The number of Topliss-reactive ketones (excluding diaryl/α,β-unsaturated/α-hetero) is 1. The first-order valence-corrected chi connectivity index (χ1v) is 7.09. The van der Waals surface area contributed by atoms with Crippen molar-refractivity contribution in [2.45, 2.75) is 25.0 Å². The molecule has 1 fully saturated rings. The van der Waals surface area contributed by atoms with Gasteiger partial charge in [0.05, 0.1) is 12.1 Å². The summed E-state index contributed by atoms with van der Waals surface area (Å²) >= 11 is 0. The SMILES string of the molecule is COC1(C#CC(=O)c2cnccc2C)CCN(C(=O)O)CC1O. The number of pyridine rings is 1. The van der Waals surface area contributed by atoms with E-state index in [1.54, 1.807) is 19.2 Å². The molecular weight excluding hydrogens is 300 g/mol. The number of methoxy groups -OCH3 is 1. The van der Waals surface area contributed by atoms with Crippen LogP contribution in [0.2, 0.25) is 0 Å². The van der Waals surface area contributed by atoms with Crippen molar-refractivity contribution in [2.75, 3.05) is 20.2 Å². The molecular formula is C16H18N2O5. The van der Waals surface area contributed by atoms with Gasteiger partial charge in [0.25, 0.3) is 0 Å². The Kier molecular flexibility index (Phi) is 4.98. The Morgan fingerprint density at radius 1 is 1.52 bits per heavy atom. The Morgan fingerprint density at radius 2 is 2.26 bits per heavy atom. The van der Waals surface area contributed by atoms with E-state index in [1.807, 2.05) is 0 Å². The van der Waals surface area contributed by atoms with Crippen LogP contribution >= 0.6 is 0 Å². The van der Waals surface area contributed by atoms with Crippen LogP contribution in [0.4, 0.5) is 4.79 Å². The van der Waals surface area contributed by atoms with Crippen molar-refractivity contribution in [1.82, 2.24) is 9.88 Å².